The Morgan fingerprint density at radius 2 is 1.96 bits per heavy atom. The van der Waals surface area contributed by atoms with Gasteiger partial charge in [-0.2, -0.15) is 0 Å². The molecule has 1 atom stereocenters. The summed E-state index contributed by atoms with van der Waals surface area (Å²) in [4.78, 5) is 13.9. The van der Waals surface area contributed by atoms with Gasteiger partial charge < -0.3 is 21.1 Å². The summed E-state index contributed by atoms with van der Waals surface area (Å²) in [6.45, 7) is 1.42. The van der Waals surface area contributed by atoms with Crippen molar-refractivity contribution >= 4 is 48.4 Å². The monoisotopic (exact) mass is 395 g/mol. The highest BCUT2D eigenvalue weighted by atomic mass is 35.5. The van der Waals surface area contributed by atoms with Gasteiger partial charge in [-0.1, -0.05) is 30.8 Å². The quantitative estimate of drug-likeness (QED) is 0.374. The van der Waals surface area contributed by atoms with E-state index in [1.54, 1.807) is 0 Å². The van der Waals surface area contributed by atoms with Crippen LogP contribution < -0.4 is 11.1 Å². The van der Waals surface area contributed by atoms with Crippen molar-refractivity contribution in [2.24, 2.45) is 11.7 Å². The predicted octanol–water partition coefficient (Wildman–Crippen LogP) is 2.75. The van der Waals surface area contributed by atoms with Crippen LogP contribution in [0, 0.1) is 5.92 Å². The van der Waals surface area contributed by atoms with Crippen molar-refractivity contribution in [1.82, 2.24) is 4.90 Å². The minimum Gasteiger partial charge on any atom is -0.480 e. The summed E-state index contributed by atoms with van der Waals surface area (Å²) >= 11 is 11.4. The van der Waals surface area contributed by atoms with Gasteiger partial charge in [0.1, 0.15) is 13.4 Å². The first-order valence-corrected chi connectivity index (χ1v) is 9.99. The zero-order valence-electron chi connectivity index (χ0n) is 15.2. The van der Waals surface area contributed by atoms with E-state index in [1.165, 1.54) is 0 Å². The number of unbranched alkanes of at least 4 members (excludes halogenated alkanes) is 1. The Morgan fingerprint density at radius 3 is 2.50 bits per heavy atom. The Morgan fingerprint density at radius 1 is 1.35 bits per heavy atom. The van der Waals surface area contributed by atoms with Crippen LogP contribution in [-0.4, -0.2) is 47.6 Å². The number of likely N-dealkylation sites (tertiary alicyclic amines) is 1. The second-order valence-electron chi connectivity index (χ2n) is 7.00. The maximum atomic E-state index is 11.8. The lowest BCUT2D eigenvalue weighted by Gasteiger charge is -2.40. The van der Waals surface area contributed by atoms with Gasteiger partial charge >= 0.3 is 5.97 Å². The fourth-order valence-corrected chi connectivity index (χ4v) is 3.91. The van der Waals surface area contributed by atoms with Gasteiger partial charge in [0, 0.05) is 23.8 Å². The Bertz CT molecular complexity index is 623. The molecule has 5 nitrogen and oxygen atoms in total. The molecule has 142 valence electrons. The highest BCUT2D eigenvalue weighted by Gasteiger charge is 2.43. The first-order valence-electron chi connectivity index (χ1n) is 9.20. The Kier molecular flexibility index (Phi) is 7.74. The third-order valence-electron chi connectivity index (χ3n) is 5.20. The summed E-state index contributed by atoms with van der Waals surface area (Å²) in [6, 6.07) is 7.38. The van der Waals surface area contributed by atoms with Crippen LogP contribution in [0.3, 0.4) is 0 Å². The van der Waals surface area contributed by atoms with Crippen molar-refractivity contribution in [3.8, 4) is 0 Å². The molecule has 0 spiro atoms. The van der Waals surface area contributed by atoms with Crippen LogP contribution in [0.5, 0.6) is 0 Å². The second kappa shape index (κ2) is 9.58. The Balaban J connectivity index is 1.91. The number of rotatable bonds is 7. The van der Waals surface area contributed by atoms with E-state index in [2.05, 4.69) is 18.1 Å². The number of nitrogens with one attached hydrogen (secondary N) is 1. The number of carboxylic acid groups (broad SMARTS) is 1. The number of piperidine rings is 1. The molecule has 1 fully saturated rings. The molecule has 1 aromatic carbocycles. The van der Waals surface area contributed by atoms with Crippen molar-refractivity contribution in [1.29, 1.82) is 0 Å². The molecule has 2 rings (SSSR count). The molecule has 26 heavy (non-hydrogen) atoms. The van der Waals surface area contributed by atoms with Gasteiger partial charge in [-0.15, -0.1) is 0 Å². The molecule has 1 heterocycles. The lowest BCUT2D eigenvalue weighted by atomic mass is 9.75. The molecule has 0 aliphatic carbocycles. The van der Waals surface area contributed by atoms with Gasteiger partial charge in [0.2, 0.25) is 0 Å². The summed E-state index contributed by atoms with van der Waals surface area (Å²) in [5.74, 6) is -0.902. The summed E-state index contributed by atoms with van der Waals surface area (Å²) in [7, 11) is 2.10. The summed E-state index contributed by atoms with van der Waals surface area (Å²) in [5.41, 5.74) is 6.09. The first kappa shape index (κ1) is 21.0. The number of hydrogen-bond donors (Lipinski definition) is 3. The molecule has 0 aromatic heterocycles. The summed E-state index contributed by atoms with van der Waals surface area (Å²) in [6.07, 6.45) is 4.93. The van der Waals surface area contributed by atoms with Crippen LogP contribution in [0.25, 0.3) is 0 Å². The Labute approximate surface area is 166 Å². The molecule has 1 aliphatic heterocycles. The fraction of sp³-hybridized carbons (Fsp3) is 0.556. The molecule has 4 N–H and O–H groups in total. The SMILES string of the molecule is BCCCCC(N)(C(=O)O)C1CCN(C(=S)Nc2ccc(Cl)cc2)CC1. The van der Waals surface area contributed by atoms with Gasteiger partial charge in [0.15, 0.2) is 5.11 Å². The molecule has 1 saturated heterocycles. The molecular weight excluding hydrogens is 369 g/mol. The number of carbonyl (C=O) groups is 1. The number of hydrogen-bond acceptors (Lipinski definition) is 3. The normalized spacial score (nSPS) is 17.5. The zero-order chi connectivity index (χ0) is 19.2. The molecule has 1 aromatic rings. The number of nitrogens with two attached hydrogens (primary N) is 1. The number of benzene rings is 1. The number of halogens is 1. The van der Waals surface area contributed by atoms with Crippen LogP contribution in [0.15, 0.2) is 24.3 Å². The van der Waals surface area contributed by atoms with E-state index in [4.69, 9.17) is 29.6 Å². The van der Waals surface area contributed by atoms with E-state index in [0.29, 0.717) is 29.6 Å². The molecule has 1 aliphatic rings. The number of nitrogens with zero attached hydrogens (tertiary/aromatic N) is 1. The van der Waals surface area contributed by atoms with E-state index >= 15 is 0 Å². The summed E-state index contributed by atoms with van der Waals surface area (Å²) < 4.78 is 0. The van der Waals surface area contributed by atoms with E-state index in [0.717, 1.165) is 37.7 Å². The molecule has 8 heteroatoms. The maximum Gasteiger partial charge on any atom is 0.323 e. The number of thiocarbonyl (C=S) groups is 1. The highest BCUT2D eigenvalue weighted by Crippen LogP contribution is 2.31. The van der Waals surface area contributed by atoms with Gasteiger partial charge in [0.05, 0.1) is 0 Å². The second-order valence-corrected chi connectivity index (χ2v) is 7.82. The predicted molar refractivity (Wildman–Crippen MR) is 114 cm³/mol. The average molecular weight is 396 g/mol. The lowest BCUT2D eigenvalue weighted by molar-refractivity contribution is -0.146. The molecule has 0 radical (unpaired) electrons. The van der Waals surface area contributed by atoms with Crippen LogP contribution >= 0.6 is 23.8 Å². The van der Waals surface area contributed by atoms with Crippen LogP contribution in [0.4, 0.5) is 5.69 Å². The first-order chi connectivity index (χ1) is 12.4. The van der Waals surface area contributed by atoms with E-state index in [9.17, 15) is 9.90 Å². The topological polar surface area (TPSA) is 78.6 Å². The fourth-order valence-electron chi connectivity index (χ4n) is 3.49. The summed E-state index contributed by atoms with van der Waals surface area (Å²) in [5, 5.41) is 14.2. The van der Waals surface area contributed by atoms with E-state index < -0.39 is 11.5 Å². The van der Waals surface area contributed by atoms with Gasteiger partial charge in [-0.05, 0) is 61.7 Å². The largest absolute Gasteiger partial charge is 0.480 e. The third kappa shape index (κ3) is 5.35. The van der Waals surface area contributed by atoms with Crippen molar-refractivity contribution < 1.29 is 9.90 Å². The van der Waals surface area contributed by atoms with Gasteiger partial charge in [-0.3, -0.25) is 4.79 Å². The molecule has 0 saturated carbocycles. The molecular formula is C18H27BClN3O2S. The van der Waals surface area contributed by atoms with Crippen LogP contribution in [-0.2, 0) is 4.79 Å². The third-order valence-corrected chi connectivity index (χ3v) is 5.81. The minimum atomic E-state index is -1.13. The minimum absolute atomic E-state index is 0.0218. The van der Waals surface area contributed by atoms with E-state index in [1.807, 2.05) is 24.3 Å². The standard InChI is InChI=1S/C18H27BClN3O2S/c19-10-2-1-9-18(21,16(24)25)13-7-11-23(12-8-13)17(26)22-15-5-3-14(20)4-6-15/h3-6,13H,1-2,7-12,19,21H2,(H,22,26)(H,24,25). The smallest absolute Gasteiger partial charge is 0.323 e. The number of anilines is 1. The van der Waals surface area contributed by atoms with Crippen LogP contribution in [0.2, 0.25) is 11.3 Å². The van der Waals surface area contributed by atoms with E-state index in [-0.39, 0.29) is 5.92 Å². The van der Waals surface area contributed by atoms with Crippen LogP contribution in [0.1, 0.15) is 32.1 Å². The van der Waals surface area contributed by atoms with Gasteiger partial charge in [-0.25, -0.2) is 0 Å². The van der Waals surface area contributed by atoms with Crippen molar-refractivity contribution in [2.45, 2.75) is 44.0 Å². The van der Waals surface area contributed by atoms with Crippen molar-refractivity contribution in [3.05, 3.63) is 29.3 Å². The molecule has 1 unspecified atom stereocenters. The molecule has 0 bridgehead atoms. The van der Waals surface area contributed by atoms with Gasteiger partial charge in [0.25, 0.3) is 0 Å². The van der Waals surface area contributed by atoms with Crippen molar-refractivity contribution in [2.75, 3.05) is 18.4 Å². The maximum absolute atomic E-state index is 11.8. The average Bonchev–Trinajstić information content (AvgIpc) is 2.63. The molecule has 0 amide bonds. The zero-order valence-corrected chi connectivity index (χ0v) is 16.8. The Hall–Kier alpha value is -1.31. The number of carboxylic acids is 1. The van der Waals surface area contributed by atoms with Crippen molar-refractivity contribution in [3.63, 3.8) is 0 Å². The highest BCUT2D eigenvalue weighted by molar-refractivity contribution is 7.80. The lowest BCUT2D eigenvalue weighted by Crippen LogP contribution is -2.57. The number of aliphatic carboxylic acids is 1.